The third kappa shape index (κ3) is 8.66. The van der Waals surface area contributed by atoms with E-state index in [1.54, 1.807) is 0 Å². The predicted molar refractivity (Wildman–Crippen MR) is 139 cm³/mol. The first-order valence-corrected chi connectivity index (χ1v) is 19.3. The van der Waals surface area contributed by atoms with E-state index in [4.69, 9.17) is 16.5 Å². The summed E-state index contributed by atoms with van der Waals surface area (Å²) in [6.07, 6.45) is -8.04. The second-order valence-corrected chi connectivity index (χ2v) is 19.3. The maximum Gasteiger partial charge on any atom is 0.538 e. The maximum atomic E-state index is 14.7. The molecule has 1 heterocycles. The monoisotopic (exact) mass is 892 g/mol. The van der Waals surface area contributed by atoms with Crippen molar-refractivity contribution >= 4 is 48.8 Å². The normalized spacial score (nSPS) is 19.2. The van der Waals surface area contributed by atoms with Gasteiger partial charge in [-0.05, 0) is 20.8 Å². The van der Waals surface area contributed by atoms with Crippen LogP contribution in [0.5, 0.6) is 0 Å². The van der Waals surface area contributed by atoms with Crippen LogP contribution in [0.25, 0.3) is 0 Å². The molecule has 1 aliphatic rings. The molecule has 1 fully saturated rings. The van der Waals surface area contributed by atoms with Gasteiger partial charge >= 0.3 is 68.3 Å². The molecular formula is C18H25F21O7Si5. The van der Waals surface area contributed by atoms with Gasteiger partial charge in [-0.2, -0.15) is 92.2 Å². The summed E-state index contributed by atoms with van der Waals surface area (Å²) >= 11 is 0. The van der Waals surface area contributed by atoms with Crippen molar-refractivity contribution in [2.75, 3.05) is 19.8 Å². The molecular weight excluding hydrogens is 868 g/mol. The summed E-state index contributed by atoms with van der Waals surface area (Å²) in [6.45, 7) is 2.15. The van der Waals surface area contributed by atoms with Gasteiger partial charge in [0.05, 0.1) is 5.20 Å². The lowest BCUT2D eigenvalue weighted by Crippen LogP contribution is -2.77. The van der Waals surface area contributed by atoms with Gasteiger partial charge in [0.1, 0.15) is 0 Å². The first kappa shape index (κ1) is 50.1. The number of halogens is 21. The minimum atomic E-state index is -9.24. The second-order valence-electron chi connectivity index (χ2n) is 9.29. The molecule has 0 aromatic carbocycles. The zero-order valence-electron chi connectivity index (χ0n) is 25.5. The van der Waals surface area contributed by atoms with Crippen LogP contribution >= 0.6 is 0 Å². The van der Waals surface area contributed by atoms with E-state index in [-0.39, 0.29) is 0 Å². The van der Waals surface area contributed by atoms with Crippen molar-refractivity contribution < 1.29 is 122 Å². The molecule has 0 atom stereocenters. The third-order valence-electron chi connectivity index (χ3n) is 5.93. The summed E-state index contributed by atoms with van der Waals surface area (Å²) in [7, 11) is -8.32. The summed E-state index contributed by atoms with van der Waals surface area (Å²) in [5.41, 5.74) is 0. The van der Waals surface area contributed by atoms with Crippen LogP contribution in [0.1, 0.15) is 20.8 Å². The second kappa shape index (κ2) is 16.8. The van der Waals surface area contributed by atoms with Crippen LogP contribution in [0.2, 0.25) is 0 Å². The molecule has 0 amide bonds. The van der Waals surface area contributed by atoms with E-state index in [0.717, 1.165) is 20.8 Å². The highest BCUT2D eigenvalue weighted by Gasteiger charge is 2.98. The van der Waals surface area contributed by atoms with Gasteiger partial charge in [-0.3, -0.25) is 0 Å². The van der Waals surface area contributed by atoms with E-state index in [9.17, 15) is 92.2 Å². The fourth-order valence-electron chi connectivity index (χ4n) is 3.27. The Hall–Kier alpha value is -0.926. The molecule has 33 heteroatoms. The van der Waals surface area contributed by atoms with Gasteiger partial charge in [-0.25, -0.2) is 0 Å². The van der Waals surface area contributed by atoms with E-state index in [1.807, 2.05) is 0 Å². The first-order valence-electron chi connectivity index (χ1n) is 13.0. The number of allylic oxidation sites excluding steroid dienone is 1. The molecule has 0 N–H and O–H groups in total. The van der Waals surface area contributed by atoms with Crippen LogP contribution < -0.4 is 0 Å². The fourth-order valence-corrected chi connectivity index (χ4v) is 12.9. The summed E-state index contributed by atoms with van der Waals surface area (Å²) in [5.74, 6) is -78.1. The molecule has 1 rings (SSSR count). The Morgan fingerprint density at radius 3 is 0.863 bits per heavy atom. The van der Waals surface area contributed by atoms with Crippen molar-refractivity contribution in [3.63, 3.8) is 0 Å². The van der Waals surface area contributed by atoms with Gasteiger partial charge in [-0.1, -0.05) is 6.58 Å². The van der Waals surface area contributed by atoms with Gasteiger partial charge in [-0.15, -0.1) is 0 Å². The summed E-state index contributed by atoms with van der Waals surface area (Å²) in [5, 5.41) is -2.84. The van der Waals surface area contributed by atoms with Crippen LogP contribution in [-0.2, 0) is 29.7 Å². The molecule has 0 radical (unpaired) electrons. The van der Waals surface area contributed by atoms with Crippen LogP contribution in [0.3, 0.4) is 0 Å². The fraction of sp³-hybridized carbons (Fsp3) is 0.889. The maximum absolute atomic E-state index is 14.7. The molecule has 0 aromatic heterocycles. The minimum Gasteiger partial charge on any atom is -0.425 e. The average Bonchev–Trinajstić information content (AvgIpc) is 2.95. The Balaban J connectivity index is 0.00000272. The highest BCUT2D eigenvalue weighted by atomic mass is 28.4. The third-order valence-corrected chi connectivity index (χ3v) is 14.3. The Labute approximate surface area is 283 Å². The van der Waals surface area contributed by atoms with Crippen molar-refractivity contribution in [2.24, 2.45) is 0 Å². The van der Waals surface area contributed by atoms with E-state index in [2.05, 4.69) is 19.9 Å². The zero-order valence-corrected chi connectivity index (χ0v) is 32.1. The molecule has 7 nitrogen and oxygen atoms in total. The standard InChI is InChI=1S/C18H17F21O3Si.H8O4Si4/c1-5-40-43(41-6-2,42-7-3)8(4)9(19,20)10(21,22)11(23,24)12(25,26)13(27,28)14(29,30)15(31,32)16(33,34)17(35,36)18(37,38)39;1-5-2-7-4-8-3-6-1/h4-7H2,1-3H3;5-8H2. The Kier molecular flexibility index (Phi) is 16.5. The molecule has 51 heavy (non-hydrogen) atoms. The molecule has 0 unspecified atom stereocenters. The highest BCUT2D eigenvalue weighted by molar-refractivity contribution is 6.69. The summed E-state index contributed by atoms with van der Waals surface area (Å²) in [6, 6.07) is 0. The molecule has 0 aliphatic carbocycles. The van der Waals surface area contributed by atoms with Crippen molar-refractivity contribution in [3.05, 3.63) is 11.8 Å². The molecule has 1 aliphatic heterocycles. The van der Waals surface area contributed by atoms with Crippen LogP contribution in [0.4, 0.5) is 92.2 Å². The van der Waals surface area contributed by atoms with Gasteiger partial charge in [0.15, 0.2) is 0 Å². The number of alkyl halides is 21. The highest BCUT2D eigenvalue weighted by Crippen LogP contribution is 2.66. The number of hydrogen-bond donors (Lipinski definition) is 0. The Bertz CT molecular complexity index is 1100. The van der Waals surface area contributed by atoms with Crippen molar-refractivity contribution in [3.8, 4) is 0 Å². The van der Waals surface area contributed by atoms with E-state index in [1.165, 1.54) is 0 Å². The van der Waals surface area contributed by atoms with Crippen molar-refractivity contribution in [2.45, 2.75) is 80.3 Å². The lowest BCUT2D eigenvalue weighted by molar-refractivity contribution is -0.473. The zero-order chi connectivity index (χ0) is 41.0. The number of hydrogen-bond acceptors (Lipinski definition) is 7. The van der Waals surface area contributed by atoms with Crippen molar-refractivity contribution in [1.82, 2.24) is 0 Å². The lowest BCUT2D eigenvalue weighted by Gasteiger charge is -2.45. The Morgan fingerprint density at radius 1 is 0.431 bits per heavy atom. The lowest BCUT2D eigenvalue weighted by atomic mass is 9.86. The molecule has 0 spiro atoms. The summed E-state index contributed by atoms with van der Waals surface area (Å²) < 4.78 is 320. The van der Waals surface area contributed by atoms with Crippen LogP contribution in [0.15, 0.2) is 11.8 Å². The number of rotatable bonds is 16. The van der Waals surface area contributed by atoms with E-state index < -0.39 is 133 Å². The van der Waals surface area contributed by atoms with Gasteiger partial charge < -0.3 is 29.7 Å². The van der Waals surface area contributed by atoms with Crippen LogP contribution in [0, 0.1) is 0 Å². The molecule has 1 saturated heterocycles. The van der Waals surface area contributed by atoms with Crippen molar-refractivity contribution in [1.29, 1.82) is 0 Å². The largest absolute Gasteiger partial charge is 0.538 e. The SMILES string of the molecule is C=C(C(F)(F)C(F)(F)C(F)(F)C(F)(F)C(F)(F)C(F)(F)C(F)(F)C(F)(F)C(F)(F)C(F)(F)F)[Si](OCC)(OCC)OCC.O1[SiH2]O[SiH2]O[SiH2]O[SiH2]1. The Morgan fingerprint density at radius 2 is 0.647 bits per heavy atom. The molecule has 0 bridgehead atoms. The molecule has 0 aromatic rings. The van der Waals surface area contributed by atoms with E-state index >= 15 is 0 Å². The molecule has 306 valence electrons. The minimum absolute atomic E-state index is 0.653. The topological polar surface area (TPSA) is 64.6 Å². The first-order chi connectivity index (χ1) is 22.6. The van der Waals surface area contributed by atoms with Gasteiger partial charge in [0.2, 0.25) is 0 Å². The van der Waals surface area contributed by atoms with Gasteiger partial charge in [0.25, 0.3) is 40.0 Å². The smallest absolute Gasteiger partial charge is 0.425 e. The average molecular weight is 893 g/mol. The quantitative estimate of drug-likeness (QED) is 0.168. The van der Waals surface area contributed by atoms with Gasteiger partial charge in [0, 0.05) is 19.8 Å². The summed E-state index contributed by atoms with van der Waals surface area (Å²) in [4.78, 5) is 0. The predicted octanol–water partition coefficient (Wildman–Crippen LogP) is 4.47. The van der Waals surface area contributed by atoms with E-state index in [0.29, 0.717) is 0 Å². The molecule has 0 saturated carbocycles. The van der Waals surface area contributed by atoms with Crippen LogP contribution in [-0.4, -0.2) is 128 Å².